The quantitative estimate of drug-likeness (QED) is 0.451. The third-order valence-corrected chi connectivity index (χ3v) is 7.02. The first-order valence-electron chi connectivity index (χ1n) is 10.0. The maximum absolute atomic E-state index is 13.4. The molecule has 3 rings (SSSR count). The SMILES string of the molecule is COc1ccc(CN(C)C(=O)CN(c2cccc(Cl)c2)S(=O)(=O)c2ccccc2)cc1OC. The molecule has 0 fully saturated rings. The summed E-state index contributed by atoms with van der Waals surface area (Å²) in [6, 6.07) is 19.7. The lowest BCUT2D eigenvalue weighted by Gasteiger charge is -2.27. The Balaban J connectivity index is 1.87. The van der Waals surface area contributed by atoms with E-state index in [2.05, 4.69) is 0 Å². The predicted molar refractivity (Wildman–Crippen MR) is 128 cm³/mol. The van der Waals surface area contributed by atoms with Crippen molar-refractivity contribution in [1.29, 1.82) is 0 Å². The molecule has 0 aliphatic carbocycles. The molecule has 0 N–H and O–H groups in total. The Morgan fingerprint density at radius 3 is 2.24 bits per heavy atom. The van der Waals surface area contributed by atoms with Crippen LogP contribution < -0.4 is 13.8 Å². The summed E-state index contributed by atoms with van der Waals surface area (Å²) in [4.78, 5) is 14.6. The van der Waals surface area contributed by atoms with Crippen LogP contribution in [0.4, 0.5) is 5.69 Å². The van der Waals surface area contributed by atoms with Crippen LogP contribution in [-0.2, 0) is 21.4 Å². The molecular formula is C24H25ClN2O5S. The number of ether oxygens (including phenoxy) is 2. The third-order valence-electron chi connectivity index (χ3n) is 5.00. The Morgan fingerprint density at radius 1 is 0.909 bits per heavy atom. The summed E-state index contributed by atoms with van der Waals surface area (Å²) in [6.45, 7) is -0.130. The van der Waals surface area contributed by atoms with Gasteiger partial charge in [-0.1, -0.05) is 41.9 Å². The van der Waals surface area contributed by atoms with E-state index in [1.165, 1.54) is 30.2 Å². The molecule has 0 heterocycles. The minimum absolute atomic E-state index is 0.0836. The maximum atomic E-state index is 13.4. The van der Waals surface area contributed by atoms with Gasteiger partial charge in [0.2, 0.25) is 5.91 Å². The van der Waals surface area contributed by atoms with Gasteiger partial charge < -0.3 is 14.4 Å². The lowest BCUT2D eigenvalue weighted by Crippen LogP contribution is -2.41. The summed E-state index contributed by atoms with van der Waals surface area (Å²) in [6.07, 6.45) is 0. The zero-order valence-electron chi connectivity index (χ0n) is 18.6. The van der Waals surface area contributed by atoms with Crippen molar-refractivity contribution in [3.05, 3.63) is 83.4 Å². The highest BCUT2D eigenvalue weighted by molar-refractivity contribution is 7.92. The molecule has 0 radical (unpaired) electrons. The van der Waals surface area contributed by atoms with E-state index < -0.39 is 10.0 Å². The van der Waals surface area contributed by atoms with Gasteiger partial charge in [0.15, 0.2) is 11.5 Å². The van der Waals surface area contributed by atoms with Crippen LogP contribution in [0.15, 0.2) is 77.7 Å². The van der Waals surface area contributed by atoms with Gasteiger partial charge in [0.25, 0.3) is 10.0 Å². The first-order valence-corrected chi connectivity index (χ1v) is 11.9. The van der Waals surface area contributed by atoms with Crippen molar-refractivity contribution < 1.29 is 22.7 Å². The van der Waals surface area contributed by atoms with Crippen molar-refractivity contribution in [3.8, 4) is 11.5 Å². The van der Waals surface area contributed by atoms with Gasteiger partial charge in [0.1, 0.15) is 6.54 Å². The van der Waals surface area contributed by atoms with E-state index in [4.69, 9.17) is 21.1 Å². The number of methoxy groups -OCH3 is 2. The van der Waals surface area contributed by atoms with E-state index in [0.717, 1.165) is 9.87 Å². The highest BCUT2D eigenvalue weighted by Crippen LogP contribution is 2.29. The Kier molecular flexibility index (Phi) is 7.84. The Bertz CT molecular complexity index is 1220. The zero-order valence-corrected chi connectivity index (χ0v) is 20.1. The molecule has 3 aromatic carbocycles. The molecular weight excluding hydrogens is 464 g/mol. The molecule has 0 unspecified atom stereocenters. The largest absolute Gasteiger partial charge is 0.493 e. The monoisotopic (exact) mass is 488 g/mol. The van der Waals surface area contributed by atoms with Gasteiger partial charge in [-0.05, 0) is 48.0 Å². The molecule has 9 heteroatoms. The summed E-state index contributed by atoms with van der Waals surface area (Å²) in [5, 5.41) is 0.367. The molecule has 0 aliphatic heterocycles. The average Bonchev–Trinajstić information content (AvgIpc) is 2.82. The summed E-state index contributed by atoms with van der Waals surface area (Å²) >= 11 is 6.11. The van der Waals surface area contributed by atoms with Crippen LogP contribution in [0.5, 0.6) is 11.5 Å². The summed E-state index contributed by atoms with van der Waals surface area (Å²) in [5.74, 6) is 0.739. The number of sulfonamides is 1. The van der Waals surface area contributed by atoms with Crippen molar-refractivity contribution in [3.63, 3.8) is 0 Å². The number of anilines is 1. The molecule has 0 saturated carbocycles. The summed E-state index contributed by atoms with van der Waals surface area (Å²) in [7, 11) is 0.696. The van der Waals surface area contributed by atoms with Crippen LogP contribution in [0.1, 0.15) is 5.56 Å². The highest BCUT2D eigenvalue weighted by atomic mass is 35.5. The second-order valence-electron chi connectivity index (χ2n) is 7.24. The van der Waals surface area contributed by atoms with Crippen LogP contribution in [-0.4, -0.2) is 47.0 Å². The standard InChI is InChI=1S/C24H25ClN2O5S/c1-26(16-18-12-13-22(31-2)23(14-18)32-3)24(28)17-27(20-9-7-8-19(25)15-20)33(29,30)21-10-5-4-6-11-21/h4-15H,16-17H2,1-3H3. The number of amides is 1. The fourth-order valence-corrected chi connectivity index (χ4v) is 4.86. The van der Waals surface area contributed by atoms with E-state index in [9.17, 15) is 13.2 Å². The number of benzene rings is 3. The number of rotatable bonds is 9. The van der Waals surface area contributed by atoms with Crippen molar-refractivity contribution >= 4 is 33.2 Å². The normalized spacial score (nSPS) is 11.0. The number of hydrogen-bond acceptors (Lipinski definition) is 5. The topological polar surface area (TPSA) is 76.2 Å². The summed E-state index contributed by atoms with van der Waals surface area (Å²) < 4.78 is 38.4. The molecule has 1 amide bonds. The number of halogens is 1. The predicted octanol–water partition coefficient (Wildman–Crippen LogP) is 4.21. The summed E-state index contributed by atoms with van der Waals surface area (Å²) in [5.41, 5.74) is 1.11. The second kappa shape index (κ2) is 10.6. The molecule has 3 aromatic rings. The highest BCUT2D eigenvalue weighted by Gasteiger charge is 2.28. The fraction of sp³-hybridized carbons (Fsp3) is 0.208. The molecule has 33 heavy (non-hydrogen) atoms. The Morgan fingerprint density at radius 2 is 1.61 bits per heavy atom. The van der Waals surface area contributed by atoms with Gasteiger partial charge in [0, 0.05) is 18.6 Å². The van der Waals surface area contributed by atoms with Gasteiger partial charge in [0.05, 0.1) is 24.8 Å². The number of hydrogen-bond donors (Lipinski definition) is 0. The first-order chi connectivity index (χ1) is 15.8. The van der Waals surface area contributed by atoms with Gasteiger partial charge in [-0.25, -0.2) is 8.42 Å². The fourth-order valence-electron chi connectivity index (χ4n) is 3.25. The first kappa shape index (κ1) is 24.4. The molecule has 0 aliphatic rings. The van der Waals surface area contributed by atoms with Crippen LogP contribution in [0.25, 0.3) is 0 Å². The lowest BCUT2D eigenvalue weighted by atomic mass is 10.2. The zero-order chi connectivity index (χ0) is 24.0. The van der Waals surface area contributed by atoms with Gasteiger partial charge in [-0.2, -0.15) is 0 Å². The molecule has 0 atom stereocenters. The van der Waals surface area contributed by atoms with Crippen LogP contribution >= 0.6 is 11.6 Å². The van der Waals surface area contributed by atoms with E-state index in [0.29, 0.717) is 22.2 Å². The molecule has 0 aromatic heterocycles. The Labute approximate surface area is 199 Å². The van der Waals surface area contributed by atoms with E-state index in [1.54, 1.807) is 62.7 Å². The van der Waals surface area contributed by atoms with Crippen molar-refractivity contribution in [2.75, 3.05) is 32.1 Å². The number of carbonyl (C=O) groups excluding carboxylic acids is 1. The molecule has 7 nitrogen and oxygen atoms in total. The van der Waals surface area contributed by atoms with Crippen molar-refractivity contribution in [2.24, 2.45) is 0 Å². The minimum atomic E-state index is -4.00. The van der Waals surface area contributed by atoms with Gasteiger partial charge in [-0.15, -0.1) is 0 Å². The van der Waals surface area contributed by atoms with Crippen molar-refractivity contribution in [1.82, 2.24) is 4.90 Å². The van der Waals surface area contributed by atoms with Crippen molar-refractivity contribution in [2.45, 2.75) is 11.4 Å². The molecule has 0 saturated heterocycles. The van der Waals surface area contributed by atoms with Crippen LogP contribution in [0, 0.1) is 0 Å². The number of nitrogens with zero attached hydrogens (tertiary/aromatic N) is 2. The van der Waals surface area contributed by atoms with E-state index in [-0.39, 0.29) is 23.9 Å². The van der Waals surface area contributed by atoms with Gasteiger partial charge >= 0.3 is 0 Å². The Hall–Kier alpha value is -3.23. The molecule has 0 bridgehead atoms. The minimum Gasteiger partial charge on any atom is -0.493 e. The maximum Gasteiger partial charge on any atom is 0.264 e. The number of carbonyl (C=O) groups is 1. The van der Waals surface area contributed by atoms with E-state index >= 15 is 0 Å². The van der Waals surface area contributed by atoms with Crippen LogP contribution in [0.3, 0.4) is 0 Å². The molecule has 174 valence electrons. The van der Waals surface area contributed by atoms with E-state index in [1.807, 2.05) is 6.07 Å². The average molecular weight is 489 g/mol. The smallest absolute Gasteiger partial charge is 0.264 e. The van der Waals surface area contributed by atoms with Gasteiger partial charge in [-0.3, -0.25) is 9.10 Å². The lowest BCUT2D eigenvalue weighted by molar-refractivity contribution is -0.128. The second-order valence-corrected chi connectivity index (χ2v) is 9.54. The van der Waals surface area contributed by atoms with Crippen LogP contribution in [0.2, 0.25) is 5.02 Å². The molecule has 0 spiro atoms. The number of likely N-dealkylation sites (N-methyl/N-ethyl adjacent to an activating group) is 1. The third kappa shape index (κ3) is 5.77.